The van der Waals surface area contributed by atoms with Crippen molar-refractivity contribution in [2.75, 3.05) is 0 Å². The van der Waals surface area contributed by atoms with E-state index in [0.717, 1.165) is 43.1 Å². The number of fused-ring (bicyclic) bond motifs is 1. The first kappa shape index (κ1) is 25.6. The lowest BCUT2D eigenvalue weighted by Gasteiger charge is -2.45. The zero-order valence-electron chi connectivity index (χ0n) is 21.3. The van der Waals surface area contributed by atoms with Crippen LogP contribution in [0.1, 0.15) is 86.8 Å². The number of aromatic amines is 1. The largest absolute Gasteiger partial charge is 0.478 e. The molecule has 3 aromatic rings. The van der Waals surface area contributed by atoms with Gasteiger partial charge in [0.15, 0.2) is 0 Å². The highest BCUT2D eigenvalue weighted by Gasteiger charge is 2.33. The third-order valence-corrected chi connectivity index (χ3v) is 7.54. The zero-order chi connectivity index (χ0) is 26.0. The van der Waals surface area contributed by atoms with Gasteiger partial charge >= 0.3 is 5.97 Å². The van der Waals surface area contributed by atoms with Gasteiger partial charge in [0.2, 0.25) is 0 Å². The van der Waals surface area contributed by atoms with Crippen molar-refractivity contribution in [3.63, 3.8) is 0 Å². The summed E-state index contributed by atoms with van der Waals surface area (Å²) in [6.07, 6.45) is 6.41. The third kappa shape index (κ3) is 5.07. The van der Waals surface area contributed by atoms with Crippen LogP contribution in [0.4, 0.5) is 0 Å². The van der Waals surface area contributed by atoms with Crippen LogP contribution >= 0.6 is 0 Å². The van der Waals surface area contributed by atoms with E-state index in [4.69, 9.17) is 11.1 Å². The number of hydrogen-bond acceptors (Lipinski definition) is 4. The van der Waals surface area contributed by atoms with Gasteiger partial charge in [-0.2, -0.15) is 0 Å². The first-order valence-electron chi connectivity index (χ1n) is 12.9. The number of rotatable bonds is 8. The number of likely N-dealkylation sites (tertiary alicyclic amines) is 1. The van der Waals surface area contributed by atoms with Crippen LogP contribution in [0.5, 0.6) is 0 Å². The number of carboxylic acid groups (broad SMARTS) is 1. The molecule has 0 saturated carbocycles. The molecule has 36 heavy (non-hydrogen) atoms. The number of aromatic carboxylic acids is 1. The number of aromatic nitrogens is 1. The summed E-state index contributed by atoms with van der Waals surface area (Å²) >= 11 is 0. The number of nitrogens with one attached hydrogen (secondary N) is 2. The summed E-state index contributed by atoms with van der Waals surface area (Å²) in [5, 5.41) is 18.5. The molecular formula is C29H36N4O3. The van der Waals surface area contributed by atoms with Gasteiger partial charge in [0, 0.05) is 40.2 Å². The van der Waals surface area contributed by atoms with Crippen molar-refractivity contribution in [1.29, 1.82) is 5.41 Å². The van der Waals surface area contributed by atoms with Gasteiger partial charge in [-0.15, -0.1) is 0 Å². The molecular weight excluding hydrogens is 452 g/mol. The minimum Gasteiger partial charge on any atom is -0.478 e. The highest BCUT2D eigenvalue weighted by Crippen LogP contribution is 2.39. The number of hydrogen-bond donors (Lipinski definition) is 4. The monoisotopic (exact) mass is 488 g/mol. The fourth-order valence-corrected chi connectivity index (χ4v) is 5.73. The Labute approximate surface area is 211 Å². The molecule has 7 nitrogen and oxygen atoms in total. The lowest BCUT2D eigenvalue weighted by molar-refractivity contribution is 0.0495. The van der Waals surface area contributed by atoms with E-state index in [-0.39, 0.29) is 23.0 Å². The van der Waals surface area contributed by atoms with Crippen LogP contribution in [-0.2, 0) is 0 Å². The molecule has 1 saturated heterocycles. The number of benzene rings is 2. The molecule has 0 spiro atoms. The van der Waals surface area contributed by atoms with Crippen LogP contribution in [-0.4, -0.2) is 38.9 Å². The molecule has 0 radical (unpaired) electrons. The Morgan fingerprint density at radius 3 is 2.53 bits per heavy atom. The summed E-state index contributed by atoms with van der Waals surface area (Å²) in [5.74, 6) is -1.07. The van der Waals surface area contributed by atoms with E-state index in [1.54, 1.807) is 30.3 Å². The lowest BCUT2D eigenvalue weighted by Crippen LogP contribution is -2.46. The molecule has 1 fully saturated rings. The van der Waals surface area contributed by atoms with Crippen LogP contribution in [0, 0.1) is 5.41 Å². The topological polar surface area (TPSA) is 123 Å². The number of piperidine rings is 1. The van der Waals surface area contributed by atoms with Gasteiger partial charge in [0.1, 0.15) is 5.84 Å². The summed E-state index contributed by atoms with van der Waals surface area (Å²) in [7, 11) is 0. The van der Waals surface area contributed by atoms with Crippen molar-refractivity contribution in [2.45, 2.75) is 77.4 Å². The Morgan fingerprint density at radius 1 is 1.17 bits per heavy atom. The molecule has 5 N–H and O–H groups in total. The molecule has 7 heteroatoms. The number of nitrogens with zero attached hydrogens (tertiary/aromatic N) is 1. The maximum absolute atomic E-state index is 13.2. The van der Waals surface area contributed by atoms with Gasteiger partial charge in [-0.05, 0) is 68.5 Å². The fourth-order valence-electron chi connectivity index (χ4n) is 5.73. The molecule has 1 aliphatic heterocycles. The van der Waals surface area contributed by atoms with E-state index in [9.17, 15) is 14.7 Å². The maximum atomic E-state index is 13.2. The van der Waals surface area contributed by atoms with Gasteiger partial charge in [-0.1, -0.05) is 44.4 Å². The van der Waals surface area contributed by atoms with Gasteiger partial charge < -0.3 is 15.8 Å². The minimum absolute atomic E-state index is 0.0411. The van der Waals surface area contributed by atoms with E-state index in [1.165, 1.54) is 6.42 Å². The van der Waals surface area contributed by atoms with Crippen LogP contribution in [0.15, 0.2) is 47.3 Å². The van der Waals surface area contributed by atoms with Crippen LogP contribution in [0.2, 0.25) is 0 Å². The summed E-state index contributed by atoms with van der Waals surface area (Å²) in [6.45, 7) is 6.69. The van der Waals surface area contributed by atoms with Crippen molar-refractivity contribution in [2.24, 2.45) is 5.73 Å². The molecule has 2 heterocycles. The fraction of sp³-hybridized carbons (Fsp3) is 0.414. The van der Waals surface area contributed by atoms with E-state index in [0.29, 0.717) is 34.3 Å². The average molecular weight is 489 g/mol. The molecule has 1 aliphatic rings. The van der Waals surface area contributed by atoms with Gasteiger partial charge in [0.05, 0.1) is 5.56 Å². The summed E-state index contributed by atoms with van der Waals surface area (Å²) in [4.78, 5) is 30.7. The first-order valence-corrected chi connectivity index (χ1v) is 12.9. The highest BCUT2D eigenvalue weighted by molar-refractivity contribution is 5.98. The predicted molar refractivity (Wildman–Crippen MR) is 145 cm³/mol. The number of carboxylic acids is 1. The number of carbonyl (C=O) groups is 1. The van der Waals surface area contributed by atoms with Crippen molar-refractivity contribution in [3.8, 4) is 11.1 Å². The number of nitrogen functional groups attached to an aromatic ring is 1. The van der Waals surface area contributed by atoms with Crippen molar-refractivity contribution >= 4 is 22.7 Å². The molecule has 2 aromatic carbocycles. The van der Waals surface area contributed by atoms with Crippen molar-refractivity contribution in [3.05, 3.63) is 69.5 Å². The molecule has 190 valence electrons. The minimum atomic E-state index is -1.01. The smallest absolute Gasteiger partial charge is 0.335 e. The summed E-state index contributed by atoms with van der Waals surface area (Å²) in [5.41, 5.74) is 8.73. The maximum Gasteiger partial charge on any atom is 0.335 e. The number of pyridine rings is 1. The normalized spacial score (nSPS) is 19.3. The zero-order valence-corrected chi connectivity index (χ0v) is 21.3. The number of H-pyrrole nitrogens is 1. The summed E-state index contributed by atoms with van der Waals surface area (Å²) < 4.78 is 0. The standard InChI is InChI=1S/C29H36N4O3/c1-4-5-12-26(33-17(2)8-6-9-18(33)3)24-14-21(29(35)36)15-25-23(24)16-22(28(34)32-25)19-10-7-11-20(13-19)27(30)31/h7,10-11,13-18,26H,4-6,8-9,12H2,1-3H3,(H3,30,31)(H,32,34)(H,35,36). The number of nitrogens with two attached hydrogens (primary N) is 1. The number of amidine groups is 1. The highest BCUT2D eigenvalue weighted by atomic mass is 16.4. The molecule has 0 bridgehead atoms. The van der Waals surface area contributed by atoms with Gasteiger partial charge in [0.25, 0.3) is 5.56 Å². The van der Waals surface area contributed by atoms with Gasteiger partial charge in [-0.3, -0.25) is 15.1 Å². The molecule has 1 aromatic heterocycles. The van der Waals surface area contributed by atoms with Crippen molar-refractivity contribution in [1.82, 2.24) is 9.88 Å². The van der Waals surface area contributed by atoms with Crippen LogP contribution in [0.25, 0.3) is 22.0 Å². The Bertz CT molecular complexity index is 1340. The lowest BCUT2D eigenvalue weighted by atomic mass is 9.87. The molecule has 4 rings (SSSR count). The predicted octanol–water partition coefficient (Wildman–Crippen LogP) is 5.67. The van der Waals surface area contributed by atoms with Crippen LogP contribution in [0.3, 0.4) is 0 Å². The molecule has 3 unspecified atom stereocenters. The second-order valence-corrected chi connectivity index (χ2v) is 10.1. The second kappa shape index (κ2) is 10.7. The quantitative estimate of drug-likeness (QED) is 0.240. The Morgan fingerprint density at radius 2 is 1.89 bits per heavy atom. The Balaban J connectivity index is 1.97. The van der Waals surface area contributed by atoms with Crippen molar-refractivity contribution < 1.29 is 9.90 Å². The molecule has 3 atom stereocenters. The van der Waals surface area contributed by atoms with E-state index in [1.807, 2.05) is 12.1 Å². The van der Waals surface area contributed by atoms with E-state index in [2.05, 4.69) is 30.7 Å². The Hall–Kier alpha value is -3.45. The van der Waals surface area contributed by atoms with E-state index < -0.39 is 5.97 Å². The van der Waals surface area contributed by atoms with E-state index >= 15 is 0 Å². The first-order chi connectivity index (χ1) is 17.2. The Kier molecular flexibility index (Phi) is 7.59. The second-order valence-electron chi connectivity index (χ2n) is 10.1. The third-order valence-electron chi connectivity index (χ3n) is 7.54. The molecule has 0 amide bonds. The summed E-state index contributed by atoms with van der Waals surface area (Å²) in [6, 6.07) is 13.1. The number of unbranched alkanes of at least 4 members (excludes halogenated alkanes) is 1. The van der Waals surface area contributed by atoms with Gasteiger partial charge in [-0.25, -0.2) is 4.79 Å². The molecule has 0 aliphatic carbocycles. The van der Waals surface area contributed by atoms with Crippen LogP contribution < -0.4 is 11.3 Å². The SMILES string of the molecule is CCCCC(c1cc(C(=O)O)cc2[nH]c(=O)c(-c3cccc(C(=N)N)c3)cc12)N1C(C)CCCC1C. The average Bonchev–Trinajstić information content (AvgIpc) is 2.84.